The van der Waals surface area contributed by atoms with Crippen molar-refractivity contribution in [1.82, 2.24) is 10.5 Å². The Morgan fingerprint density at radius 3 is 2.68 bits per heavy atom. The molecule has 0 aliphatic heterocycles. The van der Waals surface area contributed by atoms with Gasteiger partial charge in [0, 0.05) is 23.7 Å². The fraction of sp³-hybridized carbons (Fsp3) is 0.421. The third kappa shape index (κ3) is 5.17. The van der Waals surface area contributed by atoms with E-state index in [0.717, 1.165) is 28.9 Å². The van der Waals surface area contributed by atoms with Crippen molar-refractivity contribution in [3.8, 4) is 0 Å². The van der Waals surface area contributed by atoms with Crippen molar-refractivity contribution in [2.75, 3.05) is 5.32 Å². The predicted octanol–water partition coefficient (Wildman–Crippen LogP) is 3.13. The van der Waals surface area contributed by atoms with Crippen LogP contribution in [0.25, 0.3) is 0 Å². The number of amides is 2. The Hall–Kier alpha value is -2.63. The van der Waals surface area contributed by atoms with Gasteiger partial charge < -0.3 is 15.2 Å². The molecule has 2 aromatic rings. The molecule has 2 rings (SSSR count). The van der Waals surface area contributed by atoms with Gasteiger partial charge in [-0.2, -0.15) is 0 Å². The van der Waals surface area contributed by atoms with Crippen LogP contribution < -0.4 is 10.6 Å². The quantitative estimate of drug-likeness (QED) is 0.809. The molecule has 134 valence electrons. The molecule has 1 unspecified atom stereocenters. The van der Waals surface area contributed by atoms with E-state index in [1.165, 1.54) is 0 Å². The number of carbonyl (C=O) groups excluding carboxylic acids is 2. The summed E-state index contributed by atoms with van der Waals surface area (Å²) in [6.45, 7) is 7.90. The Morgan fingerprint density at radius 2 is 2.04 bits per heavy atom. The van der Waals surface area contributed by atoms with E-state index in [2.05, 4.69) is 15.8 Å². The van der Waals surface area contributed by atoms with E-state index >= 15 is 0 Å². The number of benzene rings is 1. The van der Waals surface area contributed by atoms with Crippen molar-refractivity contribution in [1.29, 1.82) is 0 Å². The summed E-state index contributed by atoms with van der Waals surface area (Å²) in [6, 6.07) is 7.49. The number of hydrogen-bond donors (Lipinski definition) is 2. The summed E-state index contributed by atoms with van der Waals surface area (Å²) in [4.78, 5) is 24.1. The largest absolute Gasteiger partial charge is 0.361 e. The molecule has 0 radical (unpaired) electrons. The molecule has 25 heavy (non-hydrogen) atoms. The highest BCUT2D eigenvalue weighted by molar-refractivity contribution is 5.92. The number of carbonyl (C=O) groups is 2. The Bertz CT molecular complexity index is 733. The summed E-state index contributed by atoms with van der Waals surface area (Å²) in [7, 11) is 0. The zero-order valence-corrected chi connectivity index (χ0v) is 15.2. The van der Waals surface area contributed by atoms with Gasteiger partial charge in [-0.3, -0.25) is 9.59 Å². The molecule has 1 aromatic carbocycles. The number of anilines is 1. The summed E-state index contributed by atoms with van der Waals surface area (Å²) in [5.74, 6) is 0.548. The summed E-state index contributed by atoms with van der Waals surface area (Å²) in [5, 5.41) is 9.64. The van der Waals surface area contributed by atoms with Crippen molar-refractivity contribution < 1.29 is 14.1 Å². The smallest absolute Gasteiger partial charge is 0.227 e. The SMILES string of the molecule is CCC(C)C(=O)Nc1cccc(CNC(=O)Cc2c(C)noc2C)c1. The summed E-state index contributed by atoms with van der Waals surface area (Å²) < 4.78 is 5.07. The van der Waals surface area contributed by atoms with Gasteiger partial charge in [-0.05, 0) is 38.0 Å². The minimum Gasteiger partial charge on any atom is -0.361 e. The van der Waals surface area contributed by atoms with Crippen LogP contribution in [-0.4, -0.2) is 17.0 Å². The number of aryl methyl sites for hydroxylation is 2. The average molecular weight is 343 g/mol. The van der Waals surface area contributed by atoms with Crippen molar-refractivity contribution >= 4 is 17.5 Å². The van der Waals surface area contributed by atoms with Gasteiger partial charge in [-0.1, -0.05) is 31.1 Å². The van der Waals surface area contributed by atoms with Gasteiger partial charge in [-0.25, -0.2) is 0 Å². The van der Waals surface area contributed by atoms with Gasteiger partial charge in [-0.15, -0.1) is 0 Å². The lowest BCUT2D eigenvalue weighted by Gasteiger charge is -2.11. The molecule has 0 fully saturated rings. The van der Waals surface area contributed by atoms with Crippen LogP contribution in [-0.2, 0) is 22.6 Å². The Balaban J connectivity index is 1.91. The zero-order chi connectivity index (χ0) is 18.4. The Labute approximate surface area is 148 Å². The van der Waals surface area contributed by atoms with Crippen LogP contribution in [0.5, 0.6) is 0 Å². The molecule has 2 amide bonds. The van der Waals surface area contributed by atoms with Gasteiger partial charge in [0.2, 0.25) is 11.8 Å². The minimum absolute atomic E-state index is 0.00194. The van der Waals surface area contributed by atoms with Gasteiger partial charge in [0.25, 0.3) is 0 Å². The highest BCUT2D eigenvalue weighted by Gasteiger charge is 2.13. The molecule has 0 saturated carbocycles. The first kappa shape index (κ1) is 18.7. The van der Waals surface area contributed by atoms with Crippen LogP contribution in [0.3, 0.4) is 0 Å². The van der Waals surface area contributed by atoms with E-state index in [-0.39, 0.29) is 24.2 Å². The van der Waals surface area contributed by atoms with Crippen LogP contribution in [0.4, 0.5) is 5.69 Å². The second-order valence-electron chi connectivity index (χ2n) is 6.26. The lowest BCUT2D eigenvalue weighted by Crippen LogP contribution is -2.25. The highest BCUT2D eigenvalue weighted by Crippen LogP contribution is 2.14. The third-order valence-electron chi connectivity index (χ3n) is 4.26. The maximum Gasteiger partial charge on any atom is 0.227 e. The first-order valence-corrected chi connectivity index (χ1v) is 8.49. The van der Waals surface area contributed by atoms with Crippen molar-refractivity contribution in [3.63, 3.8) is 0 Å². The van der Waals surface area contributed by atoms with Crippen LogP contribution >= 0.6 is 0 Å². The molecule has 0 aliphatic carbocycles. The van der Waals surface area contributed by atoms with Gasteiger partial charge in [0.05, 0.1) is 12.1 Å². The molecule has 1 aromatic heterocycles. The molecule has 0 spiro atoms. The molecule has 0 aliphatic rings. The topological polar surface area (TPSA) is 84.2 Å². The van der Waals surface area contributed by atoms with Crippen molar-refractivity contribution in [2.24, 2.45) is 5.92 Å². The van der Waals surface area contributed by atoms with E-state index in [4.69, 9.17) is 4.52 Å². The van der Waals surface area contributed by atoms with E-state index in [1.54, 1.807) is 6.92 Å². The van der Waals surface area contributed by atoms with E-state index in [1.807, 2.05) is 45.0 Å². The molecule has 6 heteroatoms. The summed E-state index contributed by atoms with van der Waals surface area (Å²) >= 11 is 0. The molecule has 1 heterocycles. The molecular formula is C19H25N3O3. The molecule has 2 N–H and O–H groups in total. The van der Waals surface area contributed by atoms with E-state index in [9.17, 15) is 9.59 Å². The van der Waals surface area contributed by atoms with E-state index < -0.39 is 0 Å². The van der Waals surface area contributed by atoms with Crippen LogP contribution in [0, 0.1) is 19.8 Å². The fourth-order valence-corrected chi connectivity index (χ4v) is 2.39. The standard InChI is InChI=1S/C19H25N3O3/c1-5-12(2)19(24)21-16-8-6-7-15(9-16)11-20-18(23)10-17-13(3)22-25-14(17)4/h6-9,12H,5,10-11H2,1-4H3,(H,20,23)(H,21,24). The Morgan fingerprint density at radius 1 is 1.28 bits per heavy atom. The van der Waals surface area contributed by atoms with Crippen molar-refractivity contribution in [2.45, 2.75) is 47.1 Å². The monoisotopic (exact) mass is 343 g/mol. The number of aromatic nitrogens is 1. The van der Waals surface area contributed by atoms with Crippen molar-refractivity contribution in [3.05, 3.63) is 46.8 Å². The van der Waals surface area contributed by atoms with Gasteiger partial charge in [0.1, 0.15) is 5.76 Å². The number of hydrogen-bond acceptors (Lipinski definition) is 4. The first-order valence-electron chi connectivity index (χ1n) is 8.49. The number of rotatable bonds is 7. The lowest BCUT2D eigenvalue weighted by molar-refractivity contribution is -0.121. The van der Waals surface area contributed by atoms with Crippen LogP contribution in [0.1, 0.15) is 42.8 Å². The van der Waals surface area contributed by atoms with Gasteiger partial charge in [0.15, 0.2) is 0 Å². The first-order chi connectivity index (χ1) is 11.9. The van der Waals surface area contributed by atoms with Gasteiger partial charge >= 0.3 is 0 Å². The fourth-order valence-electron chi connectivity index (χ4n) is 2.39. The molecule has 1 atom stereocenters. The molecule has 0 saturated heterocycles. The second-order valence-corrected chi connectivity index (χ2v) is 6.26. The maximum atomic E-state index is 12.1. The Kier molecular flexibility index (Phi) is 6.33. The van der Waals surface area contributed by atoms with Crippen LogP contribution in [0.2, 0.25) is 0 Å². The maximum absolute atomic E-state index is 12.1. The lowest BCUT2D eigenvalue weighted by atomic mass is 10.1. The third-order valence-corrected chi connectivity index (χ3v) is 4.26. The molecule has 0 bridgehead atoms. The average Bonchev–Trinajstić information content (AvgIpc) is 2.91. The van der Waals surface area contributed by atoms with Crippen LogP contribution in [0.15, 0.2) is 28.8 Å². The highest BCUT2D eigenvalue weighted by atomic mass is 16.5. The zero-order valence-electron chi connectivity index (χ0n) is 15.2. The molecular weight excluding hydrogens is 318 g/mol. The minimum atomic E-state index is -0.0940. The number of nitrogens with one attached hydrogen (secondary N) is 2. The summed E-state index contributed by atoms with van der Waals surface area (Å²) in [5.41, 5.74) is 3.23. The predicted molar refractivity (Wildman–Crippen MR) is 96.1 cm³/mol. The second kappa shape index (κ2) is 8.46. The summed E-state index contributed by atoms with van der Waals surface area (Å²) in [6.07, 6.45) is 1.04. The number of nitrogens with zero attached hydrogens (tertiary/aromatic N) is 1. The normalized spacial score (nSPS) is 11.8. The molecule has 6 nitrogen and oxygen atoms in total. The van der Waals surface area contributed by atoms with E-state index in [0.29, 0.717) is 12.3 Å².